The molecule has 182 valence electrons. The Morgan fingerprint density at radius 3 is 2.97 bits per heavy atom. The van der Waals surface area contributed by atoms with Crippen molar-refractivity contribution in [1.82, 2.24) is 19.9 Å². The van der Waals surface area contributed by atoms with Crippen LogP contribution < -0.4 is 20.1 Å². The van der Waals surface area contributed by atoms with Crippen molar-refractivity contribution in [2.45, 2.75) is 25.5 Å². The second-order valence-electron chi connectivity index (χ2n) is 8.85. The third-order valence-electron chi connectivity index (χ3n) is 6.54. The van der Waals surface area contributed by atoms with Crippen molar-refractivity contribution in [3.05, 3.63) is 72.5 Å². The van der Waals surface area contributed by atoms with Gasteiger partial charge in [-0.3, -0.25) is 9.78 Å². The van der Waals surface area contributed by atoms with Gasteiger partial charge in [0.05, 0.1) is 30.0 Å². The first-order valence-electron chi connectivity index (χ1n) is 11.8. The van der Waals surface area contributed by atoms with Crippen LogP contribution in [-0.4, -0.2) is 40.2 Å². The van der Waals surface area contributed by atoms with Crippen LogP contribution in [-0.2, 0) is 0 Å². The minimum Gasteiger partial charge on any atom is -0.492 e. The fraction of sp³-hybridized carbons (Fsp3) is 0.222. The average Bonchev–Trinajstić information content (AvgIpc) is 3.25. The van der Waals surface area contributed by atoms with E-state index in [1.807, 2.05) is 35.9 Å². The maximum atomic E-state index is 14.5. The number of halogens is 1. The molecule has 36 heavy (non-hydrogen) atoms. The molecule has 2 atom stereocenters. The number of fused-ring (bicyclic) bond motifs is 3. The highest BCUT2D eigenvalue weighted by Gasteiger charge is 2.32. The minimum absolute atomic E-state index is 0.0148. The van der Waals surface area contributed by atoms with E-state index in [-0.39, 0.29) is 23.8 Å². The van der Waals surface area contributed by atoms with E-state index in [4.69, 9.17) is 14.5 Å². The van der Waals surface area contributed by atoms with Crippen molar-refractivity contribution in [2.75, 3.05) is 19.0 Å². The third kappa shape index (κ3) is 3.64. The van der Waals surface area contributed by atoms with Gasteiger partial charge in [-0.15, -0.1) is 0 Å². The Hall–Kier alpha value is -4.40. The smallest absolute Gasteiger partial charge is 0.270 e. The number of nitrogens with one attached hydrogen (secondary N) is 2. The topological polar surface area (TPSA) is 90.3 Å². The Morgan fingerprint density at radius 1 is 1.22 bits per heavy atom. The summed E-state index contributed by atoms with van der Waals surface area (Å²) in [7, 11) is 1.41. The van der Waals surface area contributed by atoms with E-state index in [1.54, 1.807) is 24.4 Å². The van der Waals surface area contributed by atoms with E-state index >= 15 is 0 Å². The number of allylic oxidation sites excluding steroid dienone is 1. The standard InChI is InChI=1S/C27H24FN5O3/c1-15-5-3-6-16-13-30-27(34)25-24(31-21-8-4-7-19(28)26(21)35-2)18(14-33(16)25)17-11-12-29-20-9-10-22(36-15)32-23(17)20/h3-5,7-12,14-16,31H,6,13H2,1-2H3,(H,30,34)/b5-3-/t15-,16-/m1/s1. The van der Waals surface area contributed by atoms with Gasteiger partial charge in [0.1, 0.15) is 17.3 Å². The number of rotatable bonds is 3. The molecule has 4 aromatic rings. The van der Waals surface area contributed by atoms with Crippen LogP contribution in [0.3, 0.4) is 0 Å². The van der Waals surface area contributed by atoms with Crippen molar-refractivity contribution in [2.24, 2.45) is 0 Å². The molecule has 0 unspecified atom stereocenters. The fourth-order valence-electron chi connectivity index (χ4n) is 4.86. The summed E-state index contributed by atoms with van der Waals surface area (Å²) in [6, 6.07) is 10.2. The molecule has 6 rings (SSSR count). The van der Waals surface area contributed by atoms with E-state index in [0.717, 1.165) is 11.1 Å². The number of aromatic nitrogens is 3. The van der Waals surface area contributed by atoms with Gasteiger partial charge in [0.15, 0.2) is 11.6 Å². The van der Waals surface area contributed by atoms with Crippen LogP contribution in [0.1, 0.15) is 29.9 Å². The summed E-state index contributed by atoms with van der Waals surface area (Å²) in [5.41, 5.74) is 4.26. The Kier molecular flexibility index (Phi) is 5.32. The lowest BCUT2D eigenvalue weighted by Crippen LogP contribution is -2.38. The fourth-order valence-corrected chi connectivity index (χ4v) is 4.86. The van der Waals surface area contributed by atoms with Crippen molar-refractivity contribution >= 4 is 28.3 Å². The van der Waals surface area contributed by atoms with Crippen molar-refractivity contribution in [3.63, 3.8) is 0 Å². The number of amides is 1. The number of anilines is 2. The molecule has 4 bridgehead atoms. The molecule has 2 aliphatic rings. The predicted molar refractivity (Wildman–Crippen MR) is 134 cm³/mol. The number of carbonyl (C=O) groups is 1. The van der Waals surface area contributed by atoms with Gasteiger partial charge in [0.25, 0.3) is 5.91 Å². The summed E-state index contributed by atoms with van der Waals surface area (Å²) in [4.78, 5) is 22.5. The Morgan fingerprint density at radius 2 is 2.11 bits per heavy atom. The first-order chi connectivity index (χ1) is 17.5. The molecule has 5 heterocycles. The van der Waals surface area contributed by atoms with Gasteiger partial charge in [-0.1, -0.05) is 12.1 Å². The first-order valence-corrected chi connectivity index (χ1v) is 11.8. The Labute approximate surface area is 206 Å². The molecule has 0 radical (unpaired) electrons. The maximum absolute atomic E-state index is 14.5. The highest BCUT2D eigenvalue weighted by molar-refractivity contribution is 6.06. The highest BCUT2D eigenvalue weighted by Crippen LogP contribution is 2.42. The summed E-state index contributed by atoms with van der Waals surface area (Å²) in [5.74, 6) is -0.166. The van der Waals surface area contributed by atoms with Gasteiger partial charge >= 0.3 is 0 Å². The highest BCUT2D eigenvalue weighted by atomic mass is 19.1. The first kappa shape index (κ1) is 22.1. The molecule has 0 saturated carbocycles. The number of carbonyl (C=O) groups excluding carboxylic acids is 1. The molecule has 0 saturated heterocycles. The van der Waals surface area contributed by atoms with Crippen LogP contribution in [0, 0.1) is 5.82 Å². The summed E-state index contributed by atoms with van der Waals surface area (Å²) in [5, 5.41) is 6.31. The van der Waals surface area contributed by atoms with Gasteiger partial charge in [-0.25, -0.2) is 9.37 Å². The summed E-state index contributed by atoms with van der Waals surface area (Å²) >= 11 is 0. The second-order valence-corrected chi connectivity index (χ2v) is 8.85. The van der Waals surface area contributed by atoms with E-state index in [9.17, 15) is 9.18 Å². The molecule has 0 spiro atoms. The number of hydrogen-bond acceptors (Lipinski definition) is 6. The molecular formula is C27H24FN5O3. The number of methoxy groups -OCH3 is 1. The number of para-hydroxylation sites is 1. The van der Waals surface area contributed by atoms with Crippen LogP contribution in [0.25, 0.3) is 22.2 Å². The molecule has 8 nitrogen and oxygen atoms in total. The molecule has 1 aromatic carbocycles. The van der Waals surface area contributed by atoms with E-state index in [1.165, 1.54) is 13.2 Å². The SMILES string of the molecule is COc1c(F)cccc1Nc1c2cn3c1C(=O)NC[C@H]3C/C=C\[C@@H](C)Oc1ccc3nccc-2c3n1. The molecule has 2 aliphatic heterocycles. The summed E-state index contributed by atoms with van der Waals surface area (Å²) in [6.07, 6.45) is 8.24. The monoisotopic (exact) mass is 485 g/mol. The van der Waals surface area contributed by atoms with E-state index in [2.05, 4.69) is 21.7 Å². The van der Waals surface area contributed by atoms with Crippen molar-refractivity contribution < 1.29 is 18.7 Å². The molecule has 0 fully saturated rings. The Bertz CT molecular complexity index is 1530. The lowest BCUT2D eigenvalue weighted by Gasteiger charge is -2.26. The van der Waals surface area contributed by atoms with Crippen LogP contribution in [0.4, 0.5) is 15.8 Å². The van der Waals surface area contributed by atoms with Gasteiger partial charge in [0, 0.05) is 36.1 Å². The van der Waals surface area contributed by atoms with E-state index < -0.39 is 5.82 Å². The molecule has 3 aromatic heterocycles. The molecule has 1 amide bonds. The number of benzene rings is 1. The van der Waals surface area contributed by atoms with Crippen LogP contribution in [0.5, 0.6) is 11.6 Å². The lowest BCUT2D eigenvalue weighted by atomic mass is 10.0. The maximum Gasteiger partial charge on any atom is 0.270 e. The lowest BCUT2D eigenvalue weighted by molar-refractivity contribution is 0.0916. The predicted octanol–water partition coefficient (Wildman–Crippen LogP) is 5.00. The molecule has 2 N–H and O–H groups in total. The van der Waals surface area contributed by atoms with Crippen LogP contribution >= 0.6 is 0 Å². The third-order valence-corrected chi connectivity index (χ3v) is 6.54. The molecule has 0 aliphatic carbocycles. The number of pyridine rings is 2. The number of nitrogens with zero attached hydrogens (tertiary/aromatic N) is 3. The van der Waals surface area contributed by atoms with E-state index in [0.29, 0.717) is 46.9 Å². The molecule has 9 heteroatoms. The second kappa shape index (κ2) is 8.67. The summed E-state index contributed by atoms with van der Waals surface area (Å²) in [6.45, 7) is 2.45. The van der Waals surface area contributed by atoms with Gasteiger partial charge in [-0.05, 0) is 43.7 Å². The van der Waals surface area contributed by atoms with Crippen LogP contribution in [0.15, 0.2) is 60.9 Å². The van der Waals surface area contributed by atoms with Crippen molar-refractivity contribution in [3.8, 4) is 22.8 Å². The van der Waals surface area contributed by atoms with Crippen molar-refractivity contribution in [1.29, 1.82) is 0 Å². The van der Waals surface area contributed by atoms with Gasteiger partial charge < -0.3 is 24.7 Å². The zero-order valence-corrected chi connectivity index (χ0v) is 19.8. The summed E-state index contributed by atoms with van der Waals surface area (Å²) < 4.78 is 27.9. The average molecular weight is 486 g/mol. The largest absolute Gasteiger partial charge is 0.492 e. The van der Waals surface area contributed by atoms with Crippen LogP contribution in [0.2, 0.25) is 0 Å². The minimum atomic E-state index is -0.501. The quantitative estimate of drug-likeness (QED) is 0.397. The normalized spacial score (nSPS) is 19.5. The zero-order chi connectivity index (χ0) is 24.8. The van der Waals surface area contributed by atoms with Gasteiger partial charge in [-0.2, -0.15) is 0 Å². The number of ether oxygens (including phenoxy) is 2. The Balaban J connectivity index is 1.64. The zero-order valence-electron chi connectivity index (χ0n) is 19.8. The molecular weight excluding hydrogens is 461 g/mol. The number of hydrogen-bond donors (Lipinski definition) is 2. The van der Waals surface area contributed by atoms with Gasteiger partial charge in [0.2, 0.25) is 5.88 Å².